The van der Waals surface area contributed by atoms with Crippen LogP contribution in [0.1, 0.15) is 12.8 Å². The van der Waals surface area contributed by atoms with Gasteiger partial charge in [-0.05, 0) is 45.3 Å². The highest BCUT2D eigenvalue weighted by Crippen LogP contribution is 2.18. The van der Waals surface area contributed by atoms with Crippen LogP contribution in [0.5, 0.6) is 0 Å². The number of nitrogen functional groups attached to an aromatic ring is 1. The number of nitrogens with one attached hydrogen (secondary N) is 1. The number of rotatable bonds is 5. The number of hydrogen-bond donors (Lipinski definition) is 2. The molecule has 1 atom stereocenters. The van der Waals surface area contributed by atoms with Crippen molar-refractivity contribution in [2.75, 3.05) is 44.8 Å². The number of carbonyl (C=O) groups is 1. The molecular formula is C15H23FN4O. The van der Waals surface area contributed by atoms with Gasteiger partial charge in [0.25, 0.3) is 0 Å². The average Bonchev–Trinajstić information content (AvgIpc) is 2.87. The van der Waals surface area contributed by atoms with Crippen molar-refractivity contribution in [2.24, 2.45) is 0 Å². The summed E-state index contributed by atoms with van der Waals surface area (Å²) in [5.41, 5.74) is 6.16. The van der Waals surface area contributed by atoms with Crippen LogP contribution in [-0.4, -0.2) is 55.5 Å². The number of amides is 1. The van der Waals surface area contributed by atoms with Gasteiger partial charge in [-0.15, -0.1) is 0 Å². The lowest BCUT2D eigenvalue weighted by molar-refractivity contribution is -0.116. The fourth-order valence-electron chi connectivity index (χ4n) is 2.58. The summed E-state index contributed by atoms with van der Waals surface area (Å²) in [4.78, 5) is 16.4. The lowest BCUT2D eigenvalue weighted by atomic mass is 10.2. The topological polar surface area (TPSA) is 61.6 Å². The lowest BCUT2D eigenvalue weighted by Gasteiger charge is -2.23. The van der Waals surface area contributed by atoms with Crippen LogP contribution in [0.15, 0.2) is 18.2 Å². The van der Waals surface area contributed by atoms with Gasteiger partial charge in [-0.25, -0.2) is 4.39 Å². The van der Waals surface area contributed by atoms with E-state index in [0.29, 0.717) is 24.7 Å². The summed E-state index contributed by atoms with van der Waals surface area (Å²) in [6.07, 6.45) is 1.46. The third-order valence-electron chi connectivity index (χ3n) is 3.95. The predicted octanol–water partition coefficient (Wildman–Crippen LogP) is 1.37. The van der Waals surface area contributed by atoms with Gasteiger partial charge in [0, 0.05) is 31.2 Å². The molecule has 3 N–H and O–H groups in total. The first-order chi connectivity index (χ1) is 9.95. The minimum atomic E-state index is -0.469. The highest BCUT2D eigenvalue weighted by atomic mass is 19.1. The van der Waals surface area contributed by atoms with Gasteiger partial charge in [0.05, 0.1) is 5.69 Å². The molecule has 0 aromatic heterocycles. The molecule has 1 fully saturated rings. The molecule has 2 rings (SSSR count). The molecule has 1 aliphatic heterocycles. The third-order valence-corrected chi connectivity index (χ3v) is 3.95. The smallest absolute Gasteiger partial charge is 0.225 e. The molecule has 0 spiro atoms. The molecule has 0 bridgehead atoms. The number of halogens is 1. The van der Waals surface area contributed by atoms with Crippen molar-refractivity contribution in [1.82, 2.24) is 9.80 Å². The van der Waals surface area contributed by atoms with Gasteiger partial charge < -0.3 is 20.9 Å². The van der Waals surface area contributed by atoms with Crippen molar-refractivity contribution in [3.63, 3.8) is 0 Å². The molecule has 5 nitrogen and oxygen atoms in total. The van der Waals surface area contributed by atoms with E-state index in [1.807, 2.05) is 7.05 Å². The van der Waals surface area contributed by atoms with E-state index < -0.39 is 5.82 Å². The van der Waals surface area contributed by atoms with Gasteiger partial charge in [0.1, 0.15) is 5.82 Å². The van der Waals surface area contributed by atoms with Gasteiger partial charge in [0.2, 0.25) is 5.91 Å². The molecule has 116 valence electrons. The number of nitrogens with two attached hydrogens (primary N) is 1. The quantitative estimate of drug-likeness (QED) is 0.805. The van der Waals surface area contributed by atoms with Crippen LogP contribution in [0.25, 0.3) is 0 Å². The van der Waals surface area contributed by atoms with Crippen molar-refractivity contribution < 1.29 is 9.18 Å². The van der Waals surface area contributed by atoms with E-state index in [9.17, 15) is 9.18 Å². The maximum absolute atomic E-state index is 13.5. The summed E-state index contributed by atoms with van der Waals surface area (Å²) >= 11 is 0. The SMILES string of the molecule is CN1CC[C@@H](N(C)CCC(=O)Nc2cc(N)ccc2F)C1. The lowest BCUT2D eigenvalue weighted by Crippen LogP contribution is -2.35. The molecular weight excluding hydrogens is 271 g/mol. The third kappa shape index (κ3) is 4.41. The van der Waals surface area contributed by atoms with Gasteiger partial charge in [0.15, 0.2) is 0 Å². The van der Waals surface area contributed by atoms with Crippen LogP contribution in [0.3, 0.4) is 0 Å². The first-order valence-corrected chi connectivity index (χ1v) is 7.19. The number of anilines is 2. The summed E-state index contributed by atoms with van der Waals surface area (Å²) in [6.45, 7) is 2.78. The zero-order valence-electron chi connectivity index (χ0n) is 12.6. The molecule has 0 unspecified atom stereocenters. The Bertz CT molecular complexity index is 508. The van der Waals surface area contributed by atoms with Crippen LogP contribution in [0.4, 0.5) is 15.8 Å². The van der Waals surface area contributed by atoms with Crippen LogP contribution < -0.4 is 11.1 Å². The Balaban J connectivity index is 1.80. The standard InChI is InChI=1S/C15H23FN4O/c1-19-7-5-12(10-19)20(2)8-6-15(21)18-14-9-11(17)3-4-13(14)16/h3-4,9,12H,5-8,10,17H2,1-2H3,(H,18,21)/t12-/m1/s1. The molecule has 1 aromatic carbocycles. The first kappa shape index (κ1) is 15.7. The van der Waals surface area contributed by atoms with E-state index in [1.165, 1.54) is 18.2 Å². The van der Waals surface area contributed by atoms with Crippen molar-refractivity contribution in [3.8, 4) is 0 Å². The molecule has 1 aromatic rings. The molecule has 21 heavy (non-hydrogen) atoms. The Morgan fingerprint density at radius 1 is 1.57 bits per heavy atom. The fourth-order valence-corrected chi connectivity index (χ4v) is 2.58. The van der Waals surface area contributed by atoms with E-state index in [1.54, 1.807) is 0 Å². The van der Waals surface area contributed by atoms with E-state index in [-0.39, 0.29) is 11.6 Å². The summed E-state index contributed by atoms with van der Waals surface area (Å²) in [7, 11) is 4.13. The minimum absolute atomic E-state index is 0.142. The summed E-state index contributed by atoms with van der Waals surface area (Å²) in [6, 6.07) is 4.65. The molecule has 1 amide bonds. The Morgan fingerprint density at radius 3 is 3.00 bits per heavy atom. The Labute approximate surface area is 124 Å². The van der Waals surface area contributed by atoms with Gasteiger partial charge in [-0.1, -0.05) is 0 Å². The first-order valence-electron chi connectivity index (χ1n) is 7.19. The molecule has 0 saturated carbocycles. The number of carbonyl (C=O) groups excluding carboxylic acids is 1. The maximum atomic E-state index is 13.5. The Morgan fingerprint density at radius 2 is 2.33 bits per heavy atom. The minimum Gasteiger partial charge on any atom is -0.399 e. The Kier molecular flexibility index (Phi) is 5.14. The van der Waals surface area contributed by atoms with E-state index >= 15 is 0 Å². The van der Waals surface area contributed by atoms with Gasteiger partial charge >= 0.3 is 0 Å². The van der Waals surface area contributed by atoms with Crippen LogP contribution >= 0.6 is 0 Å². The Hall–Kier alpha value is -1.66. The van der Waals surface area contributed by atoms with Crippen molar-refractivity contribution >= 4 is 17.3 Å². The monoisotopic (exact) mass is 294 g/mol. The van der Waals surface area contributed by atoms with E-state index in [0.717, 1.165) is 19.5 Å². The van der Waals surface area contributed by atoms with E-state index in [4.69, 9.17) is 5.73 Å². The van der Waals surface area contributed by atoms with Gasteiger partial charge in [-0.2, -0.15) is 0 Å². The molecule has 1 aliphatic rings. The largest absolute Gasteiger partial charge is 0.399 e. The summed E-state index contributed by atoms with van der Waals surface area (Å²) in [5.74, 6) is -0.666. The molecule has 1 saturated heterocycles. The number of hydrogen-bond acceptors (Lipinski definition) is 4. The zero-order chi connectivity index (χ0) is 15.4. The van der Waals surface area contributed by atoms with Crippen LogP contribution in [0, 0.1) is 5.82 Å². The highest BCUT2D eigenvalue weighted by Gasteiger charge is 2.23. The second kappa shape index (κ2) is 6.87. The normalized spacial score (nSPS) is 19.1. The number of likely N-dealkylation sites (tertiary alicyclic amines) is 1. The number of benzene rings is 1. The molecule has 0 radical (unpaired) electrons. The summed E-state index contributed by atoms with van der Waals surface area (Å²) in [5, 5.41) is 2.57. The molecule has 0 aliphatic carbocycles. The van der Waals surface area contributed by atoms with Crippen LogP contribution in [0.2, 0.25) is 0 Å². The van der Waals surface area contributed by atoms with Crippen molar-refractivity contribution in [1.29, 1.82) is 0 Å². The molecule has 6 heteroatoms. The fraction of sp³-hybridized carbons (Fsp3) is 0.533. The van der Waals surface area contributed by atoms with Gasteiger partial charge in [-0.3, -0.25) is 4.79 Å². The number of likely N-dealkylation sites (N-methyl/N-ethyl adjacent to an activating group) is 2. The molecule has 1 heterocycles. The van der Waals surface area contributed by atoms with Crippen molar-refractivity contribution in [3.05, 3.63) is 24.0 Å². The second-order valence-corrected chi connectivity index (χ2v) is 5.72. The van der Waals surface area contributed by atoms with Crippen molar-refractivity contribution in [2.45, 2.75) is 18.9 Å². The second-order valence-electron chi connectivity index (χ2n) is 5.72. The van der Waals surface area contributed by atoms with Crippen LogP contribution in [-0.2, 0) is 4.79 Å². The summed E-state index contributed by atoms with van der Waals surface area (Å²) < 4.78 is 13.5. The highest BCUT2D eigenvalue weighted by molar-refractivity contribution is 5.91. The van der Waals surface area contributed by atoms with E-state index in [2.05, 4.69) is 22.2 Å². The maximum Gasteiger partial charge on any atom is 0.225 e. The number of nitrogens with zero attached hydrogens (tertiary/aromatic N) is 2. The average molecular weight is 294 g/mol. The zero-order valence-corrected chi connectivity index (χ0v) is 12.6. The predicted molar refractivity (Wildman–Crippen MR) is 82.6 cm³/mol.